The van der Waals surface area contributed by atoms with E-state index in [0.29, 0.717) is 18.7 Å². The first-order valence-corrected chi connectivity index (χ1v) is 10.6. The van der Waals surface area contributed by atoms with Crippen molar-refractivity contribution in [2.24, 2.45) is 0 Å². The molecular formula is C18H19Cl2NO5S. The topological polar surface area (TPSA) is 87.1 Å². The van der Waals surface area contributed by atoms with Crippen LogP contribution in [0.5, 0.6) is 17.2 Å². The maximum atomic E-state index is 12.9. The molecule has 2 N–H and O–H groups in total. The molecule has 0 saturated carbocycles. The van der Waals surface area contributed by atoms with E-state index in [9.17, 15) is 18.6 Å². The predicted octanol–water partition coefficient (Wildman–Crippen LogP) is 4.16. The van der Waals surface area contributed by atoms with E-state index in [1.54, 1.807) is 0 Å². The van der Waals surface area contributed by atoms with Crippen LogP contribution in [0.15, 0.2) is 35.2 Å². The number of ether oxygens (including phenoxy) is 1. The predicted molar refractivity (Wildman–Crippen MR) is 103 cm³/mol. The molecule has 0 radical (unpaired) electrons. The van der Waals surface area contributed by atoms with E-state index in [0.717, 1.165) is 19.3 Å². The van der Waals surface area contributed by atoms with E-state index in [-0.39, 0.29) is 38.8 Å². The average molecular weight is 432 g/mol. The Balaban J connectivity index is 1.94. The van der Waals surface area contributed by atoms with Crippen molar-refractivity contribution in [3.8, 4) is 17.2 Å². The van der Waals surface area contributed by atoms with Crippen LogP contribution >= 0.6 is 23.2 Å². The standard InChI is InChI=1S/C18H19Cl2NO5S/c19-14-8-12(11-22)9-15(20)18(14)26-13-4-5-16(23)17(10-13)27(24,25)21-6-2-1-3-7-21/h4-5,8-10,22-23H,1-3,6-7,11H2. The summed E-state index contributed by atoms with van der Waals surface area (Å²) in [5.74, 6) is -0.0350. The summed E-state index contributed by atoms with van der Waals surface area (Å²) >= 11 is 12.3. The molecule has 1 fully saturated rings. The van der Waals surface area contributed by atoms with E-state index in [1.165, 1.54) is 34.6 Å². The molecule has 3 rings (SSSR count). The Hall–Kier alpha value is -1.51. The Morgan fingerprint density at radius 3 is 2.26 bits per heavy atom. The minimum atomic E-state index is -3.83. The van der Waals surface area contributed by atoms with Gasteiger partial charge in [0, 0.05) is 19.2 Å². The minimum Gasteiger partial charge on any atom is -0.507 e. The molecule has 9 heteroatoms. The van der Waals surface area contributed by atoms with Crippen LogP contribution in [0.25, 0.3) is 0 Å². The quantitative estimate of drug-likeness (QED) is 0.741. The molecule has 2 aromatic carbocycles. The van der Waals surface area contributed by atoms with Gasteiger partial charge in [-0.1, -0.05) is 29.6 Å². The van der Waals surface area contributed by atoms with Crippen LogP contribution in [-0.2, 0) is 16.6 Å². The maximum Gasteiger partial charge on any atom is 0.246 e. The molecular weight excluding hydrogens is 413 g/mol. The molecule has 0 spiro atoms. The van der Waals surface area contributed by atoms with E-state index >= 15 is 0 Å². The number of halogens is 2. The van der Waals surface area contributed by atoms with Crippen LogP contribution in [-0.4, -0.2) is 36.0 Å². The van der Waals surface area contributed by atoms with Crippen LogP contribution in [0.4, 0.5) is 0 Å². The molecule has 0 unspecified atom stereocenters. The summed E-state index contributed by atoms with van der Waals surface area (Å²) in [6.45, 7) is 0.622. The second kappa shape index (κ2) is 8.24. The lowest BCUT2D eigenvalue weighted by atomic mass is 10.2. The van der Waals surface area contributed by atoms with Crippen LogP contribution in [0.3, 0.4) is 0 Å². The van der Waals surface area contributed by atoms with Gasteiger partial charge in [-0.2, -0.15) is 4.31 Å². The third-order valence-corrected chi connectivity index (χ3v) is 6.81. The second-order valence-electron chi connectivity index (χ2n) is 6.24. The van der Waals surface area contributed by atoms with Gasteiger partial charge in [0.05, 0.1) is 16.7 Å². The molecule has 0 amide bonds. The fourth-order valence-electron chi connectivity index (χ4n) is 2.93. The first-order chi connectivity index (χ1) is 12.8. The van der Waals surface area contributed by atoms with Gasteiger partial charge in [-0.25, -0.2) is 8.42 Å². The van der Waals surface area contributed by atoms with Crippen molar-refractivity contribution in [1.82, 2.24) is 4.31 Å². The van der Waals surface area contributed by atoms with Gasteiger partial charge in [0.2, 0.25) is 10.0 Å². The molecule has 1 aliphatic rings. The number of phenolic OH excluding ortho intramolecular Hbond substituents is 1. The van der Waals surface area contributed by atoms with Crippen molar-refractivity contribution in [2.75, 3.05) is 13.1 Å². The lowest BCUT2D eigenvalue weighted by molar-refractivity contribution is 0.281. The fraction of sp³-hybridized carbons (Fsp3) is 0.333. The number of aliphatic hydroxyl groups is 1. The molecule has 146 valence electrons. The molecule has 0 bridgehead atoms. The number of aromatic hydroxyl groups is 1. The van der Waals surface area contributed by atoms with Crippen LogP contribution in [0.2, 0.25) is 10.0 Å². The van der Waals surface area contributed by atoms with E-state index in [1.807, 2.05) is 0 Å². The number of rotatable bonds is 5. The van der Waals surface area contributed by atoms with Gasteiger partial charge in [0.25, 0.3) is 0 Å². The van der Waals surface area contributed by atoms with Gasteiger partial charge in [0.15, 0.2) is 5.75 Å². The smallest absolute Gasteiger partial charge is 0.246 e. The van der Waals surface area contributed by atoms with Crippen molar-refractivity contribution in [3.63, 3.8) is 0 Å². The Kier molecular flexibility index (Phi) is 6.18. The number of phenols is 1. The Labute approximate surface area is 168 Å². The fourth-order valence-corrected chi connectivity index (χ4v) is 5.15. The maximum absolute atomic E-state index is 12.9. The summed E-state index contributed by atoms with van der Waals surface area (Å²) in [5, 5.41) is 19.7. The molecule has 1 aliphatic heterocycles. The Morgan fingerprint density at radius 1 is 1.04 bits per heavy atom. The van der Waals surface area contributed by atoms with Crippen molar-refractivity contribution >= 4 is 33.2 Å². The summed E-state index contributed by atoms with van der Waals surface area (Å²) in [7, 11) is -3.83. The molecule has 1 heterocycles. The van der Waals surface area contributed by atoms with Crippen LogP contribution < -0.4 is 4.74 Å². The largest absolute Gasteiger partial charge is 0.507 e. The highest BCUT2D eigenvalue weighted by Crippen LogP contribution is 2.39. The summed E-state index contributed by atoms with van der Waals surface area (Å²) in [6, 6.07) is 6.96. The summed E-state index contributed by atoms with van der Waals surface area (Å²) in [5.41, 5.74) is 0.524. The highest BCUT2D eigenvalue weighted by atomic mass is 35.5. The van der Waals surface area contributed by atoms with Gasteiger partial charge in [0.1, 0.15) is 16.4 Å². The van der Waals surface area contributed by atoms with Crippen LogP contribution in [0.1, 0.15) is 24.8 Å². The van der Waals surface area contributed by atoms with Gasteiger partial charge < -0.3 is 14.9 Å². The van der Waals surface area contributed by atoms with E-state index < -0.39 is 10.0 Å². The first-order valence-electron chi connectivity index (χ1n) is 8.42. The summed E-state index contributed by atoms with van der Waals surface area (Å²) in [6.07, 6.45) is 2.57. The van der Waals surface area contributed by atoms with Gasteiger partial charge in [-0.05, 0) is 42.7 Å². The van der Waals surface area contributed by atoms with Crippen molar-refractivity contribution in [3.05, 3.63) is 45.9 Å². The molecule has 27 heavy (non-hydrogen) atoms. The number of nitrogens with zero attached hydrogens (tertiary/aromatic N) is 1. The van der Waals surface area contributed by atoms with Gasteiger partial charge >= 0.3 is 0 Å². The highest BCUT2D eigenvalue weighted by Gasteiger charge is 2.29. The number of sulfonamides is 1. The zero-order chi connectivity index (χ0) is 19.6. The molecule has 0 aromatic heterocycles. The van der Waals surface area contributed by atoms with Crippen molar-refractivity contribution < 1.29 is 23.4 Å². The molecule has 0 aliphatic carbocycles. The second-order valence-corrected chi connectivity index (χ2v) is 8.96. The highest BCUT2D eigenvalue weighted by molar-refractivity contribution is 7.89. The molecule has 2 aromatic rings. The van der Waals surface area contributed by atoms with Crippen molar-refractivity contribution in [2.45, 2.75) is 30.8 Å². The van der Waals surface area contributed by atoms with Gasteiger partial charge in [-0.15, -0.1) is 0 Å². The lowest BCUT2D eigenvalue weighted by Gasteiger charge is -2.26. The third-order valence-electron chi connectivity index (χ3n) is 4.32. The number of hydrogen-bond acceptors (Lipinski definition) is 5. The molecule has 6 nitrogen and oxygen atoms in total. The average Bonchev–Trinajstić information content (AvgIpc) is 2.66. The van der Waals surface area contributed by atoms with E-state index in [2.05, 4.69) is 0 Å². The molecule has 0 atom stereocenters. The minimum absolute atomic E-state index is 0.141. The first kappa shape index (κ1) is 20.2. The summed E-state index contributed by atoms with van der Waals surface area (Å²) in [4.78, 5) is -0.221. The van der Waals surface area contributed by atoms with E-state index in [4.69, 9.17) is 27.9 Å². The Morgan fingerprint density at radius 2 is 1.67 bits per heavy atom. The monoisotopic (exact) mass is 431 g/mol. The third kappa shape index (κ3) is 4.33. The number of piperidine rings is 1. The lowest BCUT2D eigenvalue weighted by Crippen LogP contribution is -2.35. The van der Waals surface area contributed by atoms with Crippen molar-refractivity contribution in [1.29, 1.82) is 0 Å². The zero-order valence-electron chi connectivity index (χ0n) is 14.4. The normalized spacial score (nSPS) is 15.7. The zero-order valence-corrected chi connectivity index (χ0v) is 16.7. The SMILES string of the molecule is O=S(=O)(c1cc(Oc2c(Cl)cc(CO)cc2Cl)ccc1O)N1CCCCC1. The number of hydrogen-bond donors (Lipinski definition) is 2. The number of aliphatic hydroxyl groups excluding tert-OH is 1. The summed E-state index contributed by atoms with van der Waals surface area (Å²) < 4.78 is 32.8. The van der Waals surface area contributed by atoms with Crippen LogP contribution in [0, 0.1) is 0 Å². The van der Waals surface area contributed by atoms with Gasteiger partial charge in [-0.3, -0.25) is 0 Å². The Bertz CT molecular complexity index is 920. The number of benzene rings is 2. The molecule has 1 saturated heterocycles.